The van der Waals surface area contributed by atoms with E-state index in [1.165, 1.54) is 6.07 Å². The largest absolute Gasteiger partial charge is 0.484 e. The molecule has 10 nitrogen and oxygen atoms in total. The summed E-state index contributed by atoms with van der Waals surface area (Å²) in [6.07, 6.45) is 5.39. The first kappa shape index (κ1) is 31.0. The van der Waals surface area contributed by atoms with E-state index in [0.29, 0.717) is 18.5 Å². The standard InChI is InChI=1S/C34H42N6O4S/c1-6-45(42,43)25-19-22(34(2,3)4)18-23(20-25)35-33(41)36-28-14-15-30(27-11-8-7-10-26(27)28)44-24-13-16-31-37-38-32(40(31)21-24)29-12-9-17-39(29)5/h7-8,10-11,13,16,18-21,28-30H,6,9,12,14-15,17H2,1-5H3,(H2,35,36,41)/t28-,29-,30+/m0/s1. The van der Waals surface area contributed by atoms with E-state index in [0.717, 1.165) is 53.3 Å². The van der Waals surface area contributed by atoms with Gasteiger partial charge in [-0.3, -0.25) is 9.30 Å². The highest BCUT2D eigenvalue weighted by Crippen LogP contribution is 2.39. The van der Waals surface area contributed by atoms with Crippen molar-refractivity contribution in [2.75, 3.05) is 24.7 Å². The van der Waals surface area contributed by atoms with Gasteiger partial charge in [-0.15, -0.1) is 10.2 Å². The number of hydrogen-bond acceptors (Lipinski definition) is 7. The summed E-state index contributed by atoms with van der Waals surface area (Å²) in [5, 5.41) is 14.9. The molecule has 0 unspecified atom stereocenters. The molecule has 45 heavy (non-hydrogen) atoms. The number of nitrogens with zero attached hydrogens (tertiary/aromatic N) is 4. The number of aromatic nitrogens is 3. The third-order valence-electron chi connectivity index (χ3n) is 9.01. The van der Waals surface area contributed by atoms with Crippen LogP contribution in [0.5, 0.6) is 5.75 Å². The summed E-state index contributed by atoms with van der Waals surface area (Å²) in [5.74, 6) is 1.66. The maximum atomic E-state index is 13.3. The quantitative estimate of drug-likeness (QED) is 0.244. The number of rotatable bonds is 7. The van der Waals surface area contributed by atoms with E-state index in [9.17, 15) is 13.2 Å². The maximum Gasteiger partial charge on any atom is 0.319 e. The van der Waals surface area contributed by atoms with Crippen LogP contribution in [0.25, 0.3) is 5.65 Å². The molecule has 0 saturated carbocycles. The molecule has 11 heteroatoms. The van der Waals surface area contributed by atoms with E-state index in [1.807, 2.05) is 67.8 Å². The van der Waals surface area contributed by atoms with Crippen molar-refractivity contribution in [1.29, 1.82) is 0 Å². The number of hydrogen-bond donors (Lipinski definition) is 2. The van der Waals surface area contributed by atoms with Crippen molar-refractivity contribution < 1.29 is 17.9 Å². The first-order valence-electron chi connectivity index (χ1n) is 15.7. The maximum absolute atomic E-state index is 13.3. The molecule has 3 heterocycles. The number of fused-ring (bicyclic) bond motifs is 2. The highest BCUT2D eigenvalue weighted by atomic mass is 32.2. The predicted octanol–water partition coefficient (Wildman–Crippen LogP) is 6.36. The van der Waals surface area contributed by atoms with Crippen LogP contribution in [0.2, 0.25) is 0 Å². The molecule has 2 aromatic carbocycles. The summed E-state index contributed by atoms with van der Waals surface area (Å²) in [6, 6.07) is 16.6. The fourth-order valence-corrected chi connectivity index (χ4v) is 7.33. The van der Waals surface area contributed by atoms with E-state index in [4.69, 9.17) is 4.74 Å². The third kappa shape index (κ3) is 6.41. The number of amides is 2. The SMILES string of the molecule is CCS(=O)(=O)c1cc(NC(=O)N[C@H]2CC[C@@H](Oc3ccc4nnc([C@@H]5CCCN5C)n4c3)c3ccccc32)cc(C(C)(C)C)c1. The number of carbonyl (C=O) groups is 1. The van der Waals surface area contributed by atoms with E-state index in [-0.39, 0.29) is 40.3 Å². The van der Waals surface area contributed by atoms with Crippen molar-refractivity contribution in [3.05, 3.63) is 83.3 Å². The van der Waals surface area contributed by atoms with E-state index in [2.05, 4.69) is 38.8 Å². The molecular formula is C34H42N6O4S. The van der Waals surface area contributed by atoms with Crippen molar-refractivity contribution >= 4 is 27.2 Å². The van der Waals surface area contributed by atoms with Crippen LogP contribution in [0.3, 0.4) is 0 Å². The van der Waals surface area contributed by atoms with Crippen LogP contribution in [0.4, 0.5) is 10.5 Å². The summed E-state index contributed by atoms with van der Waals surface area (Å²) >= 11 is 0. The smallest absolute Gasteiger partial charge is 0.319 e. The van der Waals surface area contributed by atoms with E-state index >= 15 is 0 Å². The number of anilines is 1. The molecule has 2 aliphatic rings. The molecule has 2 N–H and O–H groups in total. The van der Waals surface area contributed by atoms with Gasteiger partial charge in [0.15, 0.2) is 21.3 Å². The lowest BCUT2D eigenvalue weighted by molar-refractivity contribution is 0.171. The topological polar surface area (TPSA) is 118 Å². The molecule has 3 atom stereocenters. The van der Waals surface area contributed by atoms with Crippen molar-refractivity contribution in [3.63, 3.8) is 0 Å². The molecule has 1 fully saturated rings. The second kappa shape index (κ2) is 12.1. The number of likely N-dealkylation sites (tertiary alicyclic amines) is 1. The number of nitrogens with one attached hydrogen (secondary N) is 2. The molecule has 0 radical (unpaired) electrons. The van der Waals surface area contributed by atoms with Crippen LogP contribution in [0, 0.1) is 0 Å². The molecule has 1 aliphatic carbocycles. The number of benzene rings is 2. The minimum atomic E-state index is -3.45. The monoisotopic (exact) mass is 630 g/mol. The number of urea groups is 1. The number of carbonyl (C=O) groups excluding carboxylic acids is 1. The van der Waals surface area contributed by atoms with Crippen LogP contribution in [-0.2, 0) is 15.3 Å². The van der Waals surface area contributed by atoms with E-state index in [1.54, 1.807) is 13.0 Å². The Morgan fingerprint density at radius 1 is 1.02 bits per heavy atom. The molecule has 2 amide bonds. The summed E-state index contributed by atoms with van der Waals surface area (Å²) in [6.45, 7) is 8.72. The van der Waals surface area contributed by atoms with Crippen LogP contribution < -0.4 is 15.4 Å². The van der Waals surface area contributed by atoms with Gasteiger partial charge in [0.05, 0.1) is 28.9 Å². The van der Waals surface area contributed by atoms with Crippen LogP contribution >= 0.6 is 0 Å². The van der Waals surface area contributed by atoms with Crippen molar-refractivity contribution in [2.45, 2.75) is 81.9 Å². The Bertz CT molecular complexity index is 1830. The van der Waals surface area contributed by atoms with Crippen molar-refractivity contribution in [1.82, 2.24) is 24.8 Å². The van der Waals surface area contributed by atoms with Gasteiger partial charge in [0.1, 0.15) is 11.9 Å². The fourth-order valence-electron chi connectivity index (χ4n) is 6.39. The average molecular weight is 631 g/mol. The molecule has 1 saturated heterocycles. The summed E-state index contributed by atoms with van der Waals surface area (Å²) in [4.78, 5) is 15.8. The zero-order chi connectivity index (χ0) is 31.9. The lowest BCUT2D eigenvalue weighted by Crippen LogP contribution is -2.35. The lowest BCUT2D eigenvalue weighted by Gasteiger charge is -2.32. The average Bonchev–Trinajstić information content (AvgIpc) is 3.62. The summed E-state index contributed by atoms with van der Waals surface area (Å²) in [5.41, 5.74) is 3.81. The van der Waals surface area contributed by atoms with E-state index < -0.39 is 9.84 Å². The van der Waals surface area contributed by atoms with Gasteiger partial charge < -0.3 is 15.4 Å². The molecule has 238 valence electrons. The Balaban J connectivity index is 1.20. The van der Waals surface area contributed by atoms with Gasteiger partial charge in [0.25, 0.3) is 0 Å². The Morgan fingerprint density at radius 3 is 2.51 bits per heavy atom. The second-order valence-electron chi connectivity index (χ2n) is 13.2. The third-order valence-corrected chi connectivity index (χ3v) is 10.7. The van der Waals surface area contributed by atoms with Crippen LogP contribution in [0.1, 0.15) is 94.1 Å². The fraction of sp³-hybridized carbons (Fsp3) is 0.441. The molecule has 1 aliphatic heterocycles. The Hall–Kier alpha value is -3.96. The Kier molecular flexibility index (Phi) is 8.34. The Morgan fingerprint density at radius 2 is 1.80 bits per heavy atom. The minimum absolute atomic E-state index is 0.0135. The molecule has 0 bridgehead atoms. The first-order valence-corrected chi connectivity index (χ1v) is 17.3. The molecular weight excluding hydrogens is 588 g/mol. The highest BCUT2D eigenvalue weighted by Gasteiger charge is 2.31. The van der Waals surface area contributed by atoms with Gasteiger partial charge in [-0.05, 0) is 91.7 Å². The zero-order valence-electron chi connectivity index (χ0n) is 26.6. The zero-order valence-corrected chi connectivity index (χ0v) is 27.4. The molecule has 2 aromatic heterocycles. The normalized spacial score (nSPS) is 20.6. The number of sulfone groups is 1. The van der Waals surface area contributed by atoms with Crippen LogP contribution in [0.15, 0.2) is 65.7 Å². The molecule has 6 rings (SSSR count). The Labute approximate surface area is 265 Å². The van der Waals surface area contributed by atoms with Gasteiger partial charge >= 0.3 is 6.03 Å². The van der Waals surface area contributed by atoms with Gasteiger partial charge in [-0.2, -0.15) is 0 Å². The molecule has 4 aromatic rings. The van der Waals surface area contributed by atoms with Gasteiger partial charge in [-0.25, -0.2) is 13.2 Å². The van der Waals surface area contributed by atoms with Gasteiger partial charge in [0, 0.05) is 5.69 Å². The number of ether oxygens (including phenoxy) is 1. The summed E-state index contributed by atoms with van der Waals surface area (Å²) in [7, 11) is -1.33. The highest BCUT2D eigenvalue weighted by molar-refractivity contribution is 7.91. The van der Waals surface area contributed by atoms with Gasteiger partial charge in [0.2, 0.25) is 0 Å². The predicted molar refractivity (Wildman–Crippen MR) is 174 cm³/mol. The second-order valence-corrected chi connectivity index (χ2v) is 15.4. The van der Waals surface area contributed by atoms with Crippen molar-refractivity contribution in [3.8, 4) is 5.75 Å². The van der Waals surface area contributed by atoms with Crippen LogP contribution in [-0.4, -0.2) is 53.3 Å². The summed E-state index contributed by atoms with van der Waals surface area (Å²) < 4.78 is 34.1. The van der Waals surface area contributed by atoms with Crippen molar-refractivity contribution in [2.24, 2.45) is 0 Å². The minimum Gasteiger partial charge on any atom is -0.484 e. The molecule has 0 spiro atoms. The first-order chi connectivity index (χ1) is 21.4. The van der Waals surface area contributed by atoms with Gasteiger partial charge in [-0.1, -0.05) is 52.0 Å². The number of pyridine rings is 1. The lowest BCUT2D eigenvalue weighted by atomic mass is 9.85.